The second-order valence-corrected chi connectivity index (χ2v) is 12.1. The Morgan fingerprint density at radius 3 is 1.43 bits per heavy atom. The van der Waals surface area contributed by atoms with Gasteiger partial charge in [-0.15, -0.1) is 0 Å². The highest BCUT2D eigenvalue weighted by atomic mass is 16.5. The van der Waals surface area contributed by atoms with E-state index in [4.69, 9.17) is 9.84 Å². The minimum absolute atomic E-state index is 0.0183. The summed E-state index contributed by atoms with van der Waals surface area (Å²) in [6.07, 6.45) is 37.9. The van der Waals surface area contributed by atoms with Gasteiger partial charge < -0.3 is 9.84 Å². The smallest absolute Gasteiger partial charge is 0.306 e. The monoisotopic (exact) mass is 565 g/mol. The van der Waals surface area contributed by atoms with Crippen LogP contribution in [0.1, 0.15) is 200 Å². The van der Waals surface area contributed by atoms with Crippen molar-refractivity contribution in [2.75, 3.05) is 0 Å². The third-order valence-corrected chi connectivity index (χ3v) is 7.99. The van der Waals surface area contributed by atoms with Crippen LogP contribution < -0.4 is 0 Å². The maximum atomic E-state index is 12.6. The van der Waals surface area contributed by atoms with Crippen molar-refractivity contribution in [2.24, 2.45) is 0 Å². The van der Waals surface area contributed by atoms with Crippen LogP contribution >= 0.6 is 0 Å². The van der Waals surface area contributed by atoms with Gasteiger partial charge in [-0.25, -0.2) is 0 Å². The fourth-order valence-electron chi connectivity index (χ4n) is 5.34. The number of hydrogen-bond donors (Lipinski definition) is 1. The minimum Gasteiger partial charge on any atom is -0.481 e. The molecule has 0 saturated carbocycles. The molecule has 0 aromatic carbocycles. The lowest BCUT2D eigenvalue weighted by Crippen LogP contribution is -2.18. The summed E-state index contributed by atoms with van der Waals surface area (Å²) in [6, 6.07) is 0. The lowest BCUT2D eigenvalue weighted by Gasteiger charge is -2.18. The van der Waals surface area contributed by atoms with Crippen molar-refractivity contribution in [3.05, 3.63) is 12.2 Å². The Kier molecular flexibility index (Phi) is 31.1. The Balaban J connectivity index is 4.06. The van der Waals surface area contributed by atoms with Gasteiger partial charge in [0.25, 0.3) is 0 Å². The first-order chi connectivity index (χ1) is 19.6. The molecule has 1 atom stereocenters. The van der Waals surface area contributed by atoms with Gasteiger partial charge in [0.05, 0.1) is 0 Å². The summed E-state index contributed by atoms with van der Waals surface area (Å²) >= 11 is 0. The highest BCUT2D eigenvalue weighted by molar-refractivity contribution is 5.69. The maximum Gasteiger partial charge on any atom is 0.306 e. The van der Waals surface area contributed by atoms with Gasteiger partial charge in [-0.1, -0.05) is 142 Å². The Bertz CT molecular complexity index is 571. The van der Waals surface area contributed by atoms with E-state index in [1.807, 2.05) is 0 Å². The molecule has 0 amide bonds. The zero-order chi connectivity index (χ0) is 29.4. The fraction of sp³-hybridized carbons (Fsp3) is 0.889. The van der Waals surface area contributed by atoms with Crippen LogP contribution in [0.15, 0.2) is 12.2 Å². The molecule has 0 aromatic rings. The summed E-state index contributed by atoms with van der Waals surface area (Å²) in [5, 5.41) is 8.72. The van der Waals surface area contributed by atoms with Crippen molar-refractivity contribution in [1.82, 2.24) is 0 Å². The molecule has 0 saturated heterocycles. The zero-order valence-electron chi connectivity index (χ0n) is 26.9. The summed E-state index contributed by atoms with van der Waals surface area (Å²) < 4.78 is 6.00. The molecule has 0 aliphatic rings. The number of aliphatic carboxylic acids is 1. The van der Waals surface area contributed by atoms with Crippen LogP contribution in [0.3, 0.4) is 0 Å². The maximum absolute atomic E-state index is 12.6. The molecule has 0 aromatic heterocycles. The van der Waals surface area contributed by atoms with E-state index >= 15 is 0 Å². The van der Waals surface area contributed by atoms with E-state index in [0.29, 0.717) is 12.8 Å². The van der Waals surface area contributed by atoms with Gasteiger partial charge in [-0.2, -0.15) is 0 Å². The number of carbonyl (C=O) groups is 2. The lowest BCUT2D eigenvalue weighted by atomic mass is 10.0. The van der Waals surface area contributed by atoms with Crippen molar-refractivity contribution in [3.63, 3.8) is 0 Å². The molecule has 0 fully saturated rings. The van der Waals surface area contributed by atoms with Crippen molar-refractivity contribution < 1.29 is 19.4 Å². The molecule has 0 spiro atoms. The molecule has 4 heteroatoms. The van der Waals surface area contributed by atoms with E-state index in [-0.39, 0.29) is 12.1 Å². The molecule has 4 nitrogen and oxygen atoms in total. The Labute approximate surface area is 249 Å². The summed E-state index contributed by atoms with van der Waals surface area (Å²) in [7, 11) is 0. The average molecular weight is 565 g/mol. The molecule has 0 radical (unpaired) electrons. The number of rotatable bonds is 32. The molecule has 1 N–H and O–H groups in total. The van der Waals surface area contributed by atoms with Gasteiger partial charge in [0.2, 0.25) is 0 Å². The number of hydrogen-bond acceptors (Lipinski definition) is 3. The molecule has 0 bridgehead atoms. The Morgan fingerprint density at radius 2 is 0.925 bits per heavy atom. The van der Waals surface area contributed by atoms with E-state index in [1.165, 1.54) is 122 Å². The first-order valence-electron chi connectivity index (χ1n) is 17.7. The standard InChI is InChI=1S/C36H68O4/c1-3-5-7-9-11-13-14-15-21-25-29-33-36(39)40-34(30-26-22-18-12-10-8-6-4-2)31-27-23-19-16-17-20-24-28-32-35(37)38/h9,11,34H,3-8,10,12-33H2,1-2H3,(H,37,38)/b11-9-. The van der Waals surface area contributed by atoms with Gasteiger partial charge in [0.15, 0.2) is 0 Å². The van der Waals surface area contributed by atoms with Crippen LogP contribution in [0.5, 0.6) is 0 Å². The predicted molar refractivity (Wildman–Crippen MR) is 172 cm³/mol. The zero-order valence-corrected chi connectivity index (χ0v) is 26.9. The molecule has 0 rings (SSSR count). The van der Waals surface area contributed by atoms with Crippen molar-refractivity contribution in [1.29, 1.82) is 0 Å². The normalized spacial score (nSPS) is 12.2. The average Bonchev–Trinajstić information content (AvgIpc) is 2.93. The van der Waals surface area contributed by atoms with Crippen molar-refractivity contribution >= 4 is 11.9 Å². The molecule has 0 heterocycles. The second-order valence-electron chi connectivity index (χ2n) is 12.1. The van der Waals surface area contributed by atoms with Crippen LogP contribution in [0.4, 0.5) is 0 Å². The Morgan fingerprint density at radius 1 is 0.525 bits per heavy atom. The SMILES string of the molecule is CCCC/C=C\CCCCCCCC(=O)OC(CCCCCCCCCC)CCCCCCCCCCC(=O)O. The van der Waals surface area contributed by atoms with Gasteiger partial charge in [0.1, 0.15) is 6.10 Å². The molecule has 236 valence electrons. The minimum atomic E-state index is -0.682. The summed E-state index contributed by atoms with van der Waals surface area (Å²) in [5.41, 5.74) is 0. The number of carboxylic acids is 1. The van der Waals surface area contributed by atoms with E-state index in [1.54, 1.807) is 0 Å². The molecule has 0 aliphatic heterocycles. The molecular weight excluding hydrogens is 496 g/mol. The quantitative estimate of drug-likeness (QED) is 0.0501. The molecule has 40 heavy (non-hydrogen) atoms. The number of unbranched alkanes of at least 4 members (excludes halogenated alkanes) is 21. The van der Waals surface area contributed by atoms with Crippen LogP contribution in [0.2, 0.25) is 0 Å². The number of allylic oxidation sites excluding steroid dienone is 2. The van der Waals surface area contributed by atoms with Crippen molar-refractivity contribution in [3.8, 4) is 0 Å². The van der Waals surface area contributed by atoms with Crippen LogP contribution in [-0.4, -0.2) is 23.1 Å². The van der Waals surface area contributed by atoms with Gasteiger partial charge >= 0.3 is 11.9 Å². The van der Waals surface area contributed by atoms with E-state index in [9.17, 15) is 9.59 Å². The predicted octanol–water partition coefficient (Wildman–Crippen LogP) is 11.9. The first kappa shape index (κ1) is 38.7. The van der Waals surface area contributed by atoms with Crippen LogP contribution in [0.25, 0.3) is 0 Å². The van der Waals surface area contributed by atoms with E-state index in [2.05, 4.69) is 26.0 Å². The lowest BCUT2D eigenvalue weighted by molar-refractivity contribution is -0.150. The number of ether oxygens (including phenoxy) is 1. The molecule has 0 aliphatic carbocycles. The van der Waals surface area contributed by atoms with Gasteiger partial charge in [-0.05, 0) is 57.8 Å². The summed E-state index contributed by atoms with van der Waals surface area (Å²) in [4.78, 5) is 23.2. The van der Waals surface area contributed by atoms with Crippen LogP contribution in [-0.2, 0) is 14.3 Å². The number of carbonyl (C=O) groups excluding carboxylic acids is 1. The highest BCUT2D eigenvalue weighted by Gasteiger charge is 2.14. The fourth-order valence-corrected chi connectivity index (χ4v) is 5.34. The highest BCUT2D eigenvalue weighted by Crippen LogP contribution is 2.19. The third-order valence-electron chi connectivity index (χ3n) is 7.99. The van der Waals surface area contributed by atoms with Gasteiger partial charge in [-0.3, -0.25) is 9.59 Å². The first-order valence-corrected chi connectivity index (χ1v) is 17.7. The Hall–Kier alpha value is -1.32. The summed E-state index contributed by atoms with van der Waals surface area (Å²) in [5.74, 6) is -0.663. The summed E-state index contributed by atoms with van der Waals surface area (Å²) in [6.45, 7) is 4.50. The third kappa shape index (κ3) is 31.2. The van der Waals surface area contributed by atoms with E-state index < -0.39 is 5.97 Å². The van der Waals surface area contributed by atoms with E-state index in [0.717, 1.165) is 51.4 Å². The van der Waals surface area contributed by atoms with Gasteiger partial charge in [0, 0.05) is 12.8 Å². The van der Waals surface area contributed by atoms with Crippen LogP contribution in [0, 0.1) is 0 Å². The topological polar surface area (TPSA) is 63.6 Å². The number of carboxylic acid groups (broad SMARTS) is 1. The largest absolute Gasteiger partial charge is 0.481 e. The molecule has 1 unspecified atom stereocenters. The van der Waals surface area contributed by atoms with Crippen molar-refractivity contribution in [2.45, 2.75) is 206 Å². The number of esters is 1. The second kappa shape index (κ2) is 32.2. The molecular formula is C36H68O4.